The Bertz CT molecular complexity index is 736. The van der Waals surface area contributed by atoms with E-state index in [-0.39, 0.29) is 11.1 Å². The standard InChI is InChI=1S/C16H9Cl7O/c17-14(18)11-8-9(6-7-12(11)16(21,22)23)13(24)15(19,20)10-4-2-1-3-5-10/h1-8,14H. The van der Waals surface area contributed by atoms with Crippen LogP contribution in [0.4, 0.5) is 0 Å². The molecule has 8 heteroatoms. The van der Waals surface area contributed by atoms with Gasteiger partial charge >= 0.3 is 0 Å². The number of hydrogen-bond acceptors (Lipinski definition) is 1. The molecule has 0 heterocycles. The second-order valence-corrected chi connectivity index (χ2v) is 9.57. The van der Waals surface area contributed by atoms with Gasteiger partial charge in [-0.15, -0.1) is 23.2 Å². The van der Waals surface area contributed by atoms with Crippen molar-refractivity contribution in [1.29, 1.82) is 0 Å². The van der Waals surface area contributed by atoms with Gasteiger partial charge in [-0.3, -0.25) is 4.79 Å². The fourth-order valence-corrected chi connectivity index (χ4v) is 3.45. The Kier molecular flexibility index (Phi) is 6.64. The molecule has 2 aromatic rings. The highest BCUT2D eigenvalue weighted by Crippen LogP contribution is 2.45. The summed E-state index contributed by atoms with van der Waals surface area (Å²) in [6.45, 7) is 0. The Hall–Kier alpha value is 0.140. The lowest BCUT2D eigenvalue weighted by Gasteiger charge is -2.21. The molecule has 0 aliphatic rings. The minimum absolute atomic E-state index is 0.197. The molecule has 0 bridgehead atoms. The summed E-state index contributed by atoms with van der Waals surface area (Å²) in [7, 11) is 0. The van der Waals surface area contributed by atoms with Crippen LogP contribution in [0.5, 0.6) is 0 Å². The first-order valence-corrected chi connectivity index (χ1v) is 9.29. The number of benzene rings is 2. The number of ketones is 1. The number of alkyl halides is 7. The van der Waals surface area contributed by atoms with Crippen LogP contribution in [-0.2, 0) is 8.13 Å². The van der Waals surface area contributed by atoms with Crippen molar-refractivity contribution in [3.63, 3.8) is 0 Å². The van der Waals surface area contributed by atoms with Gasteiger partial charge in [0.1, 0.15) is 4.84 Å². The molecule has 0 N–H and O–H groups in total. The number of hydrogen-bond donors (Lipinski definition) is 0. The van der Waals surface area contributed by atoms with Gasteiger partial charge in [0.25, 0.3) is 0 Å². The third kappa shape index (κ3) is 4.45. The van der Waals surface area contributed by atoms with E-state index in [2.05, 4.69) is 0 Å². The quantitative estimate of drug-likeness (QED) is 0.338. The summed E-state index contributed by atoms with van der Waals surface area (Å²) >= 11 is 42.1. The third-order valence-corrected chi connectivity index (χ3v) is 5.14. The van der Waals surface area contributed by atoms with Gasteiger partial charge in [-0.1, -0.05) is 100 Å². The van der Waals surface area contributed by atoms with Crippen LogP contribution in [0.1, 0.15) is 31.9 Å². The summed E-state index contributed by atoms with van der Waals surface area (Å²) < 4.78 is -3.51. The molecular formula is C16H9Cl7O. The Morgan fingerprint density at radius 1 is 0.875 bits per heavy atom. The van der Waals surface area contributed by atoms with Crippen LogP contribution in [0.2, 0.25) is 0 Å². The highest BCUT2D eigenvalue weighted by molar-refractivity contribution is 6.67. The van der Waals surface area contributed by atoms with Gasteiger partial charge in [0.2, 0.25) is 13.9 Å². The van der Waals surface area contributed by atoms with E-state index >= 15 is 0 Å². The van der Waals surface area contributed by atoms with Gasteiger partial charge in [0, 0.05) is 11.1 Å². The molecule has 0 fully saturated rings. The van der Waals surface area contributed by atoms with Gasteiger partial charge in [-0.2, -0.15) is 0 Å². The van der Waals surface area contributed by atoms with E-state index in [1.54, 1.807) is 30.3 Å². The molecule has 0 radical (unpaired) electrons. The van der Waals surface area contributed by atoms with Crippen LogP contribution in [0.25, 0.3) is 0 Å². The average Bonchev–Trinajstić information content (AvgIpc) is 2.53. The third-order valence-electron chi connectivity index (χ3n) is 3.28. The molecule has 0 saturated heterocycles. The largest absolute Gasteiger partial charge is 0.290 e. The maximum Gasteiger partial charge on any atom is 0.216 e. The fraction of sp³-hybridized carbons (Fsp3) is 0.188. The molecule has 0 amide bonds. The predicted molar refractivity (Wildman–Crippen MR) is 104 cm³/mol. The monoisotopic (exact) mass is 462 g/mol. The van der Waals surface area contributed by atoms with Gasteiger partial charge in [0.05, 0.1) is 0 Å². The van der Waals surface area contributed by atoms with Crippen molar-refractivity contribution >= 4 is 87.0 Å². The molecule has 0 aliphatic carbocycles. The van der Waals surface area contributed by atoms with Crippen molar-refractivity contribution < 1.29 is 4.79 Å². The maximum atomic E-state index is 12.8. The SMILES string of the molecule is O=C(c1ccc(C(Cl)(Cl)Cl)c(C(Cl)Cl)c1)C(Cl)(Cl)c1ccccc1. The molecule has 0 unspecified atom stereocenters. The summed E-state index contributed by atoms with van der Waals surface area (Å²) in [6, 6.07) is 12.9. The van der Waals surface area contributed by atoms with E-state index < -0.39 is 18.7 Å². The molecule has 2 aromatic carbocycles. The molecule has 0 aliphatic heterocycles. The van der Waals surface area contributed by atoms with Crippen LogP contribution in [-0.4, -0.2) is 5.78 Å². The molecule has 1 nitrogen and oxygen atoms in total. The van der Waals surface area contributed by atoms with Crippen LogP contribution in [0, 0.1) is 0 Å². The molecule has 0 aromatic heterocycles. The lowest BCUT2D eigenvalue weighted by Crippen LogP contribution is -2.24. The smallest absolute Gasteiger partial charge is 0.216 e. The van der Waals surface area contributed by atoms with Gasteiger partial charge in [-0.25, -0.2) is 0 Å². The number of carbonyl (C=O) groups excluding carboxylic acids is 1. The van der Waals surface area contributed by atoms with Crippen molar-refractivity contribution in [2.75, 3.05) is 0 Å². The van der Waals surface area contributed by atoms with Gasteiger partial charge in [-0.05, 0) is 17.2 Å². The first-order chi connectivity index (χ1) is 11.0. The van der Waals surface area contributed by atoms with Crippen LogP contribution >= 0.6 is 81.2 Å². The molecular weight excluding hydrogens is 456 g/mol. The zero-order valence-corrected chi connectivity index (χ0v) is 17.0. The topological polar surface area (TPSA) is 17.1 Å². The van der Waals surface area contributed by atoms with Gasteiger partial charge < -0.3 is 0 Å². The van der Waals surface area contributed by atoms with Crippen molar-refractivity contribution in [3.05, 3.63) is 70.8 Å². The molecule has 0 saturated carbocycles. The fourth-order valence-electron chi connectivity index (χ4n) is 2.10. The lowest BCUT2D eigenvalue weighted by atomic mass is 9.98. The zero-order chi connectivity index (χ0) is 18.1. The normalized spacial score (nSPS) is 12.5. The van der Waals surface area contributed by atoms with E-state index in [4.69, 9.17) is 81.2 Å². The van der Waals surface area contributed by atoms with Crippen LogP contribution in [0.15, 0.2) is 48.5 Å². The summed E-state index contributed by atoms with van der Waals surface area (Å²) in [5.74, 6) is -0.539. The summed E-state index contributed by atoms with van der Waals surface area (Å²) in [5.41, 5.74) is 1.21. The minimum Gasteiger partial charge on any atom is -0.290 e. The van der Waals surface area contributed by atoms with Crippen molar-refractivity contribution in [3.8, 4) is 0 Å². The van der Waals surface area contributed by atoms with Crippen LogP contribution in [0.3, 0.4) is 0 Å². The summed E-state index contributed by atoms with van der Waals surface area (Å²) in [4.78, 5) is 11.8. The Morgan fingerprint density at radius 3 is 1.96 bits per heavy atom. The number of Topliss-reactive ketones (excluding diaryl/α,β-unsaturated/α-hetero) is 1. The molecule has 128 valence electrons. The Balaban J connectivity index is 2.49. The van der Waals surface area contributed by atoms with E-state index in [1.807, 2.05) is 0 Å². The van der Waals surface area contributed by atoms with E-state index in [0.29, 0.717) is 11.1 Å². The highest BCUT2D eigenvalue weighted by atomic mass is 35.6. The predicted octanol–water partition coefficient (Wildman–Crippen LogP) is 7.50. The second kappa shape index (κ2) is 7.80. The van der Waals surface area contributed by atoms with Crippen molar-refractivity contribution in [2.45, 2.75) is 13.0 Å². The first kappa shape index (κ1) is 20.5. The minimum atomic E-state index is -1.77. The highest BCUT2D eigenvalue weighted by Gasteiger charge is 2.37. The lowest BCUT2D eigenvalue weighted by molar-refractivity contribution is 0.0972. The molecule has 24 heavy (non-hydrogen) atoms. The first-order valence-electron chi connectivity index (χ1n) is 6.52. The summed E-state index contributed by atoms with van der Waals surface area (Å²) in [6.07, 6.45) is 0. The number of carbonyl (C=O) groups is 1. The van der Waals surface area contributed by atoms with Crippen molar-refractivity contribution in [1.82, 2.24) is 0 Å². The second-order valence-electron chi connectivity index (χ2n) is 4.87. The zero-order valence-electron chi connectivity index (χ0n) is 11.8. The number of rotatable bonds is 4. The van der Waals surface area contributed by atoms with E-state index in [0.717, 1.165) is 0 Å². The molecule has 0 spiro atoms. The summed E-state index contributed by atoms with van der Waals surface area (Å²) in [5, 5.41) is 0. The van der Waals surface area contributed by atoms with Crippen LogP contribution < -0.4 is 0 Å². The average molecular weight is 465 g/mol. The maximum absolute atomic E-state index is 12.8. The Morgan fingerprint density at radius 2 is 1.46 bits per heavy atom. The molecule has 2 rings (SSSR count). The molecule has 0 atom stereocenters. The van der Waals surface area contributed by atoms with Crippen molar-refractivity contribution in [2.24, 2.45) is 0 Å². The van der Waals surface area contributed by atoms with E-state index in [1.165, 1.54) is 18.2 Å². The van der Waals surface area contributed by atoms with E-state index in [9.17, 15) is 4.79 Å². The number of halogens is 7. The Labute approximate surface area is 174 Å². The van der Waals surface area contributed by atoms with Gasteiger partial charge in [0.15, 0.2) is 0 Å².